The highest BCUT2D eigenvalue weighted by Gasteiger charge is 2.26. The van der Waals surface area contributed by atoms with Gasteiger partial charge in [0.25, 0.3) is 0 Å². The maximum Gasteiger partial charge on any atom is 0.149 e. The van der Waals surface area contributed by atoms with Crippen LogP contribution in [0, 0.1) is 13.8 Å². The molecule has 0 aliphatic carbocycles. The summed E-state index contributed by atoms with van der Waals surface area (Å²) in [5, 5.41) is 2.27. The molecule has 3 aromatic heterocycles. The lowest BCUT2D eigenvalue weighted by molar-refractivity contribution is 0.669. The molecule has 0 amide bonds. The van der Waals surface area contributed by atoms with Crippen molar-refractivity contribution in [1.29, 1.82) is 0 Å². The second kappa shape index (κ2) is 9.99. The number of fused-ring (bicyclic) bond motifs is 4. The Bertz CT molecular complexity index is 2080. The number of aromatic nitrogens is 3. The molecule has 0 bridgehead atoms. The molecule has 0 aliphatic heterocycles. The Balaban J connectivity index is 1.63. The first-order valence-corrected chi connectivity index (χ1v) is 14.8. The van der Waals surface area contributed by atoms with Crippen LogP contribution in [0.1, 0.15) is 61.9 Å². The molecule has 4 aromatic carbocycles. The molecule has 0 atom stereocenters. The van der Waals surface area contributed by atoms with Gasteiger partial charge in [-0.1, -0.05) is 82.3 Å². The molecule has 7 aromatic rings. The van der Waals surface area contributed by atoms with Crippen LogP contribution in [0.25, 0.3) is 61.2 Å². The summed E-state index contributed by atoms with van der Waals surface area (Å²) in [6.07, 6.45) is 1.86. The first-order chi connectivity index (χ1) is 20.3. The van der Waals surface area contributed by atoms with E-state index in [0.717, 1.165) is 50.1 Å². The van der Waals surface area contributed by atoms with Gasteiger partial charge in [-0.2, -0.15) is 0 Å². The van der Waals surface area contributed by atoms with Crippen molar-refractivity contribution < 1.29 is 4.42 Å². The quantitative estimate of drug-likeness (QED) is 0.214. The molecule has 208 valence electrons. The lowest BCUT2D eigenvalue weighted by Crippen LogP contribution is -2.10. The third-order valence-corrected chi connectivity index (χ3v) is 8.47. The lowest BCUT2D eigenvalue weighted by atomic mass is 9.88. The molecule has 0 unspecified atom stereocenters. The van der Waals surface area contributed by atoms with Crippen molar-refractivity contribution in [3.63, 3.8) is 0 Å². The standard InChI is InChI=1S/C38H35N3O/c1-22(2)30-20-27(26-12-8-7-9-13-26)21-31(23(3)4)36(30)41-35-25(6)39-19-18-32(35)40-38(41)29-17-16-24(5)34-28-14-10-11-15-33(28)42-37(29)34/h7-23H,1-6H3. The fourth-order valence-corrected chi connectivity index (χ4v) is 6.37. The number of hydrogen-bond acceptors (Lipinski definition) is 3. The molecular weight excluding hydrogens is 514 g/mol. The van der Waals surface area contributed by atoms with E-state index in [1.165, 1.54) is 33.5 Å². The number of furan rings is 1. The van der Waals surface area contributed by atoms with Crippen molar-refractivity contribution in [2.24, 2.45) is 0 Å². The van der Waals surface area contributed by atoms with E-state index in [2.05, 4.69) is 113 Å². The van der Waals surface area contributed by atoms with Crippen molar-refractivity contribution in [1.82, 2.24) is 14.5 Å². The number of para-hydroxylation sites is 1. The number of nitrogens with zero attached hydrogens (tertiary/aromatic N) is 3. The summed E-state index contributed by atoms with van der Waals surface area (Å²) in [7, 11) is 0. The maximum absolute atomic E-state index is 6.60. The van der Waals surface area contributed by atoms with Gasteiger partial charge in [-0.15, -0.1) is 0 Å². The molecule has 42 heavy (non-hydrogen) atoms. The Kier molecular flexibility index (Phi) is 6.23. The normalized spacial score (nSPS) is 12.0. The fraction of sp³-hybridized carbons (Fsp3) is 0.211. The number of hydrogen-bond donors (Lipinski definition) is 0. The topological polar surface area (TPSA) is 43.9 Å². The minimum Gasteiger partial charge on any atom is -0.455 e. The van der Waals surface area contributed by atoms with Crippen molar-refractivity contribution in [3.05, 3.63) is 114 Å². The minimum absolute atomic E-state index is 0.285. The Morgan fingerprint density at radius 2 is 1.43 bits per heavy atom. The number of benzene rings is 4. The average Bonchev–Trinajstić information content (AvgIpc) is 3.57. The number of pyridine rings is 1. The largest absolute Gasteiger partial charge is 0.455 e. The van der Waals surface area contributed by atoms with E-state index in [4.69, 9.17) is 14.4 Å². The second-order valence-corrected chi connectivity index (χ2v) is 11.9. The highest BCUT2D eigenvalue weighted by atomic mass is 16.3. The monoisotopic (exact) mass is 549 g/mol. The fourth-order valence-electron chi connectivity index (χ4n) is 6.37. The van der Waals surface area contributed by atoms with Crippen molar-refractivity contribution >= 4 is 33.0 Å². The first-order valence-electron chi connectivity index (χ1n) is 14.8. The van der Waals surface area contributed by atoms with E-state index in [0.29, 0.717) is 0 Å². The smallest absolute Gasteiger partial charge is 0.149 e. The van der Waals surface area contributed by atoms with Gasteiger partial charge in [0.15, 0.2) is 0 Å². The molecule has 0 saturated heterocycles. The molecule has 0 saturated carbocycles. The SMILES string of the molecule is Cc1ccc(-c2nc3ccnc(C)c3n2-c2c(C(C)C)cc(-c3ccccc3)cc2C(C)C)c2oc3ccccc3c12. The minimum atomic E-state index is 0.285. The average molecular weight is 550 g/mol. The van der Waals surface area contributed by atoms with E-state index >= 15 is 0 Å². The Morgan fingerprint density at radius 1 is 0.738 bits per heavy atom. The van der Waals surface area contributed by atoms with Crippen LogP contribution >= 0.6 is 0 Å². The van der Waals surface area contributed by atoms with Gasteiger partial charge in [-0.25, -0.2) is 4.98 Å². The van der Waals surface area contributed by atoms with Gasteiger partial charge in [-0.3, -0.25) is 9.55 Å². The molecule has 0 fully saturated rings. The molecule has 4 heteroatoms. The molecule has 3 heterocycles. The van der Waals surface area contributed by atoms with Crippen LogP contribution in [-0.4, -0.2) is 14.5 Å². The summed E-state index contributed by atoms with van der Waals surface area (Å²) >= 11 is 0. The Labute approximate surface area is 246 Å². The van der Waals surface area contributed by atoms with Gasteiger partial charge in [-0.05, 0) is 83.8 Å². The summed E-state index contributed by atoms with van der Waals surface area (Å²) in [5.74, 6) is 1.45. The van der Waals surface area contributed by atoms with Crippen LogP contribution in [0.4, 0.5) is 0 Å². The second-order valence-electron chi connectivity index (χ2n) is 11.9. The van der Waals surface area contributed by atoms with E-state index in [9.17, 15) is 0 Å². The zero-order chi connectivity index (χ0) is 29.1. The van der Waals surface area contributed by atoms with Crippen LogP contribution in [0.2, 0.25) is 0 Å². The van der Waals surface area contributed by atoms with Gasteiger partial charge in [0.2, 0.25) is 0 Å². The molecule has 0 aliphatic rings. The summed E-state index contributed by atoms with van der Waals surface area (Å²) in [6.45, 7) is 13.4. The van der Waals surface area contributed by atoms with Gasteiger partial charge >= 0.3 is 0 Å². The summed E-state index contributed by atoms with van der Waals surface area (Å²) < 4.78 is 8.97. The molecule has 7 rings (SSSR count). The third kappa shape index (κ3) is 4.05. The van der Waals surface area contributed by atoms with Crippen LogP contribution in [0.3, 0.4) is 0 Å². The van der Waals surface area contributed by atoms with Crippen LogP contribution in [0.5, 0.6) is 0 Å². The molecule has 0 radical (unpaired) electrons. The zero-order valence-electron chi connectivity index (χ0n) is 25.1. The van der Waals surface area contributed by atoms with Gasteiger partial charge in [0, 0.05) is 17.0 Å². The van der Waals surface area contributed by atoms with Gasteiger partial charge in [0.1, 0.15) is 17.0 Å². The number of aryl methyl sites for hydroxylation is 2. The van der Waals surface area contributed by atoms with Crippen LogP contribution in [-0.2, 0) is 0 Å². The first kappa shape index (κ1) is 26.2. The highest BCUT2D eigenvalue weighted by molar-refractivity contribution is 6.11. The molecule has 0 N–H and O–H groups in total. The van der Waals surface area contributed by atoms with E-state index < -0.39 is 0 Å². The molecule has 0 spiro atoms. The maximum atomic E-state index is 6.60. The third-order valence-electron chi connectivity index (χ3n) is 8.47. The number of imidazole rings is 1. The summed E-state index contributed by atoms with van der Waals surface area (Å²) in [6, 6.07) is 30.1. The predicted octanol–water partition coefficient (Wildman–Crippen LogP) is 10.5. The van der Waals surface area contributed by atoms with E-state index in [1.807, 2.05) is 24.4 Å². The Hall–Kier alpha value is -4.70. The zero-order valence-corrected chi connectivity index (χ0v) is 25.1. The van der Waals surface area contributed by atoms with Crippen molar-refractivity contribution in [2.75, 3.05) is 0 Å². The van der Waals surface area contributed by atoms with Crippen molar-refractivity contribution in [3.8, 4) is 28.2 Å². The van der Waals surface area contributed by atoms with Gasteiger partial charge < -0.3 is 4.42 Å². The predicted molar refractivity (Wildman–Crippen MR) is 175 cm³/mol. The van der Waals surface area contributed by atoms with Gasteiger partial charge in [0.05, 0.1) is 28.0 Å². The Morgan fingerprint density at radius 3 is 2.14 bits per heavy atom. The summed E-state index contributed by atoms with van der Waals surface area (Å²) in [5.41, 5.74) is 13.1. The van der Waals surface area contributed by atoms with Crippen LogP contribution in [0.15, 0.2) is 95.5 Å². The molecular formula is C38H35N3O. The van der Waals surface area contributed by atoms with E-state index in [1.54, 1.807) is 0 Å². The number of rotatable bonds is 5. The van der Waals surface area contributed by atoms with Crippen molar-refractivity contribution in [2.45, 2.75) is 53.4 Å². The van der Waals surface area contributed by atoms with Crippen LogP contribution < -0.4 is 0 Å². The van der Waals surface area contributed by atoms with E-state index in [-0.39, 0.29) is 11.8 Å². The highest BCUT2D eigenvalue weighted by Crippen LogP contribution is 2.43. The summed E-state index contributed by atoms with van der Waals surface area (Å²) in [4.78, 5) is 10.1. The molecule has 4 nitrogen and oxygen atoms in total. The lowest BCUT2D eigenvalue weighted by Gasteiger charge is -2.24.